The lowest BCUT2D eigenvalue weighted by molar-refractivity contribution is -0.137. The second-order valence-corrected chi connectivity index (χ2v) is 4.37. The molecule has 0 spiro atoms. The van der Waals surface area contributed by atoms with Crippen molar-refractivity contribution in [3.8, 4) is 5.69 Å². The van der Waals surface area contributed by atoms with E-state index in [4.69, 9.17) is 11.6 Å². The Morgan fingerprint density at radius 2 is 2.05 bits per heavy atom. The molecule has 0 aliphatic rings. The third-order valence-corrected chi connectivity index (χ3v) is 2.81. The van der Waals surface area contributed by atoms with Crippen molar-refractivity contribution in [1.82, 2.24) is 15.0 Å². The summed E-state index contributed by atoms with van der Waals surface area (Å²) in [6.07, 6.45) is -1.34. The van der Waals surface area contributed by atoms with Gasteiger partial charge >= 0.3 is 6.18 Å². The van der Waals surface area contributed by atoms with E-state index in [9.17, 15) is 13.2 Å². The minimum absolute atomic E-state index is 0.333. The molecule has 0 aliphatic heterocycles. The van der Waals surface area contributed by atoms with E-state index in [0.29, 0.717) is 23.7 Å². The fourth-order valence-electron chi connectivity index (χ4n) is 1.61. The summed E-state index contributed by atoms with van der Waals surface area (Å²) in [6.45, 7) is 0. The largest absolute Gasteiger partial charge is 0.416 e. The summed E-state index contributed by atoms with van der Waals surface area (Å²) in [5.74, 6) is 0.510. The molecular formula is C12H11ClF3N3. The van der Waals surface area contributed by atoms with Gasteiger partial charge in [-0.3, -0.25) is 0 Å². The van der Waals surface area contributed by atoms with E-state index in [1.165, 1.54) is 10.7 Å². The highest BCUT2D eigenvalue weighted by Crippen LogP contribution is 2.30. The lowest BCUT2D eigenvalue weighted by Crippen LogP contribution is -2.06. The Labute approximate surface area is 113 Å². The van der Waals surface area contributed by atoms with Crippen LogP contribution in [0.15, 0.2) is 30.5 Å². The van der Waals surface area contributed by atoms with Gasteiger partial charge in [-0.1, -0.05) is 11.3 Å². The normalized spacial score (nSPS) is 11.8. The topological polar surface area (TPSA) is 30.7 Å². The number of rotatable bonds is 4. The molecule has 0 radical (unpaired) electrons. The van der Waals surface area contributed by atoms with Gasteiger partial charge in [-0.05, 0) is 31.0 Å². The first-order valence-electron chi connectivity index (χ1n) is 5.65. The lowest BCUT2D eigenvalue weighted by atomic mass is 10.2. The van der Waals surface area contributed by atoms with E-state index >= 15 is 0 Å². The van der Waals surface area contributed by atoms with Crippen molar-refractivity contribution in [1.29, 1.82) is 0 Å². The highest BCUT2D eigenvalue weighted by Gasteiger charge is 2.30. The molecule has 1 aromatic carbocycles. The van der Waals surface area contributed by atoms with Gasteiger partial charge < -0.3 is 0 Å². The third-order valence-electron chi connectivity index (χ3n) is 2.55. The zero-order chi connectivity index (χ0) is 13.9. The van der Waals surface area contributed by atoms with E-state index in [1.54, 1.807) is 12.3 Å². The second kappa shape index (κ2) is 5.61. The van der Waals surface area contributed by atoms with Crippen LogP contribution in [0.5, 0.6) is 0 Å². The summed E-state index contributed by atoms with van der Waals surface area (Å²) in [7, 11) is 0. The van der Waals surface area contributed by atoms with Gasteiger partial charge in [-0.25, -0.2) is 4.68 Å². The number of halogens is 4. The number of hydrogen-bond donors (Lipinski definition) is 0. The van der Waals surface area contributed by atoms with Crippen molar-refractivity contribution < 1.29 is 13.2 Å². The first-order valence-corrected chi connectivity index (χ1v) is 6.19. The number of hydrogen-bond acceptors (Lipinski definition) is 2. The SMILES string of the molecule is FC(F)(F)c1cccc(-n2cc(CCCCl)nn2)c1. The van der Waals surface area contributed by atoms with Crippen molar-refractivity contribution in [3.63, 3.8) is 0 Å². The van der Waals surface area contributed by atoms with Gasteiger partial charge in [0.2, 0.25) is 0 Å². The van der Waals surface area contributed by atoms with Crippen LogP contribution < -0.4 is 0 Å². The Kier molecular flexibility index (Phi) is 4.09. The summed E-state index contributed by atoms with van der Waals surface area (Å²) in [5.41, 5.74) is 0.334. The monoisotopic (exact) mass is 289 g/mol. The van der Waals surface area contributed by atoms with Crippen molar-refractivity contribution >= 4 is 11.6 Å². The molecular weight excluding hydrogens is 279 g/mol. The van der Waals surface area contributed by atoms with Gasteiger partial charge in [0.05, 0.1) is 23.1 Å². The van der Waals surface area contributed by atoms with E-state index in [-0.39, 0.29) is 0 Å². The first kappa shape index (κ1) is 13.9. The lowest BCUT2D eigenvalue weighted by Gasteiger charge is -2.08. The Bertz CT molecular complexity index is 551. The van der Waals surface area contributed by atoms with Crippen molar-refractivity contribution in [2.24, 2.45) is 0 Å². The molecule has 0 saturated heterocycles. The molecule has 0 saturated carbocycles. The van der Waals surface area contributed by atoms with Gasteiger partial charge in [0.1, 0.15) is 0 Å². The minimum Gasteiger partial charge on any atom is -0.220 e. The highest BCUT2D eigenvalue weighted by atomic mass is 35.5. The Morgan fingerprint density at radius 1 is 1.26 bits per heavy atom. The Balaban J connectivity index is 2.24. The zero-order valence-corrected chi connectivity index (χ0v) is 10.6. The highest BCUT2D eigenvalue weighted by molar-refractivity contribution is 6.17. The van der Waals surface area contributed by atoms with Gasteiger partial charge in [-0.2, -0.15) is 13.2 Å². The third kappa shape index (κ3) is 3.47. The van der Waals surface area contributed by atoms with Crippen LogP contribution in [0, 0.1) is 0 Å². The van der Waals surface area contributed by atoms with Crippen molar-refractivity contribution in [3.05, 3.63) is 41.7 Å². The summed E-state index contributed by atoms with van der Waals surface area (Å²) in [6, 6.07) is 4.96. The molecule has 2 aromatic rings. The standard InChI is InChI=1S/C12H11ClF3N3/c13-6-2-4-10-8-19(18-17-10)11-5-1-3-9(7-11)12(14,15)16/h1,3,5,7-8H,2,4,6H2. The smallest absolute Gasteiger partial charge is 0.220 e. The predicted octanol–water partition coefficient (Wildman–Crippen LogP) is 3.46. The minimum atomic E-state index is -4.36. The van der Waals surface area contributed by atoms with E-state index in [0.717, 1.165) is 18.6 Å². The molecule has 19 heavy (non-hydrogen) atoms. The summed E-state index contributed by atoms with van der Waals surface area (Å²) in [5, 5.41) is 7.71. The number of benzene rings is 1. The molecule has 0 atom stereocenters. The van der Waals surface area contributed by atoms with Crippen LogP contribution in [0.3, 0.4) is 0 Å². The van der Waals surface area contributed by atoms with E-state index in [1.807, 2.05) is 0 Å². The van der Waals surface area contributed by atoms with Crippen LogP contribution in [0.4, 0.5) is 13.2 Å². The zero-order valence-electron chi connectivity index (χ0n) is 9.86. The molecule has 0 aliphatic carbocycles. The number of aryl methyl sites for hydroxylation is 1. The average Bonchev–Trinajstić information content (AvgIpc) is 2.84. The van der Waals surface area contributed by atoms with Gasteiger partial charge in [0.25, 0.3) is 0 Å². The number of nitrogens with zero attached hydrogens (tertiary/aromatic N) is 3. The Hall–Kier alpha value is -1.56. The molecule has 0 unspecified atom stereocenters. The fraction of sp³-hybridized carbons (Fsp3) is 0.333. The molecule has 3 nitrogen and oxygen atoms in total. The summed E-state index contributed by atoms with van der Waals surface area (Å²) in [4.78, 5) is 0. The molecule has 7 heteroatoms. The summed E-state index contributed by atoms with van der Waals surface area (Å²) >= 11 is 5.57. The van der Waals surface area contributed by atoms with Crippen LogP contribution in [-0.4, -0.2) is 20.9 Å². The molecule has 1 aromatic heterocycles. The maximum atomic E-state index is 12.6. The molecule has 102 valence electrons. The van der Waals surface area contributed by atoms with Gasteiger partial charge in [0, 0.05) is 5.88 Å². The van der Waals surface area contributed by atoms with Gasteiger partial charge in [-0.15, -0.1) is 16.7 Å². The van der Waals surface area contributed by atoms with Crippen molar-refractivity contribution in [2.45, 2.75) is 19.0 Å². The maximum absolute atomic E-state index is 12.6. The number of aromatic nitrogens is 3. The van der Waals surface area contributed by atoms with Crippen LogP contribution >= 0.6 is 11.6 Å². The molecule has 1 heterocycles. The maximum Gasteiger partial charge on any atom is 0.416 e. The molecule has 0 bridgehead atoms. The van der Waals surface area contributed by atoms with Crippen LogP contribution in [0.1, 0.15) is 17.7 Å². The fourth-order valence-corrected chi connectivity index (χ4v) is 1.75. The second-order valence-electron chi connectivity index (χ2n) is 4.00. The van der Waals surface area contributed by atoms with Crippen LogP contribution in [-0.2, 0) is 12.6 Å². The molecule has 2 rings (SSSR count). The predicted molar refractivity (Wildman–Crippen MR) is 65.4 cm³/mol. The number of alkyl halides is 4. The molecule has 0 N–H and O–H groups in total. The van der Waals surface area contributed by atoms with E-state index < -0.39 is 11.7 Å². The van der Waals surface area contributed by atoms with E-state index in [2.05, 4.69) is 10.3 Å². The van der Waals surface area contributed by atoms with Crippen LogP contribution in [0.2, 0.25) is 0 Å². The van der Waals surface area contributed by atoms with Crippen LogP contribution in [0.25, 0.3) is 5.69 Å². The van der Waals surface area contributed by atoms with Crippen molar-refractivity contribution in [2.75, 3.05) is 5.88 Å². The first-order chi connectivity index (χ1) is 9.00. The Morgan fingerprint density at radius 3 is 2.74 bits per heavy atom. The average molecular weight is 290 g/mol. The summed E-state index contributed by atoms with van der Waals surface area (Å²) < 4.78 is 39.1. The molecule has 0 amide bonds. The quantitative estimate of drug-likeness (QED) is 0.807. The van der Waals surface area contributed by atoms with Gasteiger partial charge in [0.15, 0.2) is 0 Å². The molecule has 0 fully saturated rings.